The number of hydrogen-bond donors (Lipinski definition) is 2. The Bertz CT molecular complexity index is 453. The Morgan fingerprint density at radius 3 is 2.74 bits per heavy atom. The van der Waals surface area contributed by atoms with E-state index >= 15 is 0 Å². The lowest BCUT2D eigenvalue weighted by Gasteiger charge is -2.39. The van der Waals surface area contributed by atoms with Crippen molar-refractivity contribution < 1.29 is 4.79 Å². The molecular formula is C14H22N4O. The van der Waals surface area contributed by atoms with Crippen molar-refractivity contribution in [2.45, 2.75) is 26.3 Å². The van der Waals surface area contributed by atoms with Gasteiger partial charge in [0.15, 0.2) is 0 Å². The number of nitrogens with zero attached hydrogens (tertiary/aromatic N) is 2. The molecule has 104 valence electrons. The zero-order valence-corrected chi connectivity index (χ0v) is 11.9. The van der Waals surface area contributed by atoms with Gasteiger partial charge in [-0.2, -0.15) is 0 Å². The molecule has 0 bridgehead atoms. The summed E-state index contributed by atoms with van der Waals surface area (Å²) in [7, 11) is 0. The molecule has 5 nitrogen and oxygen atoms in total. The molecule has 0 spiro atoms. The smallest absolute Gasteiger partial charge is 0.244 e. The molecule has 2 heterocycles. The van der Waals surface area contributed by atoms with Crippen LogP contribution in [0.25, 0.3) is 0 Å². The fraction of sp³-hybridized carbons (Fsp3) is 0.571. The average Bonchev–Trinajstić information content (AvgIpc) is 2.42. The molecule has 2 N–H and O–H groups in total. The topological polar surface area (TPSA) is 57.3 Å². The Labute approximate surface area is 114 Å². The first kappa shape index (κ1) is 14.0. The number of rotatable bonds is 3. The summed E-state index contributed by atoms with van der Waals surface area (Å²) < 4.78 is 0. The third kappa shape index (κ3) is 3.11. The molecule has 0 unspecified atom stereocenters. The number of carbonyl (C=O) groups excluding carboxylic acids is 1. The second-order valence-electron chi connectivity index (χ2n) is 5.44. The summed E-state index contributed by atoms with van der Waals surface area (Å²) in [6.07, 6.45) is 3.45. The lowest BCUT2D eigenvalue weighted by Crippen LogP contribution is -2.58. The van der Waals surface area contributed by atoms with Gasteiger partial charge in [-0.15, -0.1) is 0 Å². The van der Waals surface area contributed by atoms with E-state index in [1.54, 1.807) is 12.4 Å². The van der Waals surface area contributed by atoms with Crippen LogP contribution in [-0.2, 0) is 4.79 Å². The van der Waals surface area contributed by atoms with E-state index in [1.807, 2.05) is 26.8 Å². The molecule has 1 amide bonds. The zero-order chi connectivity index (χ0) is 13.9. The normalized spacial score (nSPS) is 17.2. The largest absolute Gasteiger partial charge is 0.324 e. The van der Waals surface area contributed by atoms with Gasteiger partial charge in [0.1, 0.15) is 0 Å². The average molecular weight is 262 g/mol. The van der Waals surface area contributed by atoms with E-state index in [9.17, 15) is 4.79 Å². The lowest BCUT2D eigenvalue weighted by molar-refractivity contribution is -0.126. The number of hydrogen-bond acceptors (Lipinski definition) is 4. The second-order valence-corrected chi connectivity index (χ2v) is 5.44. The van der Waals surface area contributed by atoms with Gasteiger partial charge >= 0.3 is 0 Å². The van der Waals surface area contributed by atoms with Crippen LogP contribution in [0.1, 0.15) is 19.4 Å². The first-order valence-electron chi connectivity index (χ1n) is 6.69. The number of aryl methyl sites for hydroxylation is 1. The van der Waals surface area contributed by atoms with Crippen molar-refractivity contribution in [2.75, 3.05) is 31.5 Å². The Kier molecular flexibility index (Phi) is 4.17. The predicted octanol–water partition coefficient (Wildman–Crippen LogP) is 1.01. The van der Waals surface area contributed by atoms with Gasteiger partial charge in [0.05, 0.1) is 5.54 Å². The van der Waals surface area contributed by atoms with Gasteiger partial charge in [0.2, 0.25) is 5.91 Å². The van der Waals surface area contributed by atoms with E-state index in [0.717, 1.165) is 37.4 Å². The third-order valence-corrected chi connectivity index (χ3v) is 3.73. The second kappa shape index (κ2) is 5.67. The Morgan fingerprint density at radius 2 is 2.11 bits per heavy atom. The van der Waals surface area contributed by atoms with Crippen molar-refractivity contribution in [3.63, 3.8) is 0 Å². The van der Waals surface area contributed by atoms with Crippen LogP contribution >= 0.6 is 0 Å². The van der Waals surface area contributed by atoms with Crippen molar-refractivity contribution in [2.24, 2.45) is 0 Å². The van der Waals surface area contributed by atoms with E-state index in [4.69, 9.17) is 0 Å². The van der Waals surface area contributed by atoms with E-state index in [2.05, 4.69) is 20.5 Å². The van der Waals surface area contributed by atoms with Gasteiger partial charge in [-0.05, 0) is 32.4 Å². The SMILES string of the molecule is Cc1cnccc1NC(=O)C(C)(C)N1CCNCC1. The van der Waals surface area contributed by atoms with Crippen LogP contribution in [-0.4, -0.2) is 47.5 Å². The molecule has 0 radical (unpaired) electrons. The van der Waals surface area contributed by atoms with E-state index < -0.39 is 5.54 Å². The summed E-state index contributed by atoms with van der Waals surface area (Å²) in [6, 6.07) is 1.83. The summed E-state index contributed by atoms with van der Waals surface area (Å²) in [6.45, 7) is 9.57. The van der Waals surface area contributed by atoms with Crippen molar-refractivity contribution in [3.8, 4) is 0 Å². The number of anilines is 1. The van der Waals surface area contributed by atoms with Crippen molar-refractivity contribution in [1.29, 1.82) is 0 Å². The molecular weight excluding hydrogens is 240 g/mol. The minimum absolute atomic E-state index is 0.0312. The zero-order valence-electron chi connectivity index (χ0n) is 11.9. The Morgan fingerprint density at radius 1 is 1.42 bits per heavy atom. The van der Waals surface area contributed by atoms with Crippen LogP contribution < -0.4 is 10.6 Å². The van der Waals surface area contributed by atoms with Gasteiger partial charge in [-0.1, -0.05) is 0 Å². The third-order valence-electron chi connectivity index (χ3n) is 3.73. The molecule has 0 saturated carbocycles. The predicted molar refractivity (Wildman–Crippen MR) is 76.1 cm³/mol. The molecule has 1 aromatic heterocycles. The molecule has 1 aliphatic heterocycles. The molecule has 1 aromatic rings. The lowest BCUT2D eigenvalue weighted by atomic mass is 10.00. The molecule has 1 saturated heterocycles. The maximum absolute atomic E-state index is 12.5. The van der Waals surface area contributed by atoms with Gasteiger partial charge < -0.3 is 10.6 Å². The van der Waals surface area contributed by atoms with Gasteiger partial charge in [0, 0.05) is 44.3 Å². The van der Waals surface area contributed by atoms with Crippen molar-refractivity contribution >= 4 is 11.6 Å². The quantitative estimate of drug-likeness (QED) is 0.853. The highest BCUT2D eigenvalue weighted by molar-refractivity contribution is 5.98. The molecule has 1 fully saturated rings. The fourth-order valence-corrected chi connectivity index (χ4v) is 2.26. The van der Waals surface area contributed by atoms with Crippen LogP contribution in [0.5, 0.6) is 0 Å². The van der Waals surface area contributed by atoms with Crippen LogP contribution in [0.15, 0.2) is 18.5 Å². The number of aromatic nitrogens is 1. The molecule has 0 aromatic carbocycles. The summed E-state index contributed by atoms with van der Waals surface area (Å²) in [5, 5.41) is 6.31. The van der Waals surface area contributed by atoms with Gasteiger partial charge in [-0.25, -0.2) is 0 Å². The molecule has 19 heavy (non-hydrogen) atoms. The van der Waals surface area contributed by atoms with Crippen molar-refractivity contribution in [3.05, 3.63) is 24.0 Å². The summed E-state index contributed by atoms with van der Waals surface area (Å²) in [5.41, 5.74) is 1.31. The highest BCUT2D eigenvalue weighted by Crippen LogP contribution is 2.19. The van der Waals surface area contributed by atoms with Crippen LogP contribution in [0.4, 0.5) is 5.69 Å². The fourth-order valence-electron chi connectivity index (χ4n) is 2.26. The summed E-state index contributed by atoms with van der Waals surface area (Å²) in [5.74, 6) is 0.0312. The molecule has 2 rings (SSSR count). The standard InChI is InChI=1S/C14H22N4O/c1-11-10-16-5-4-12(11)17-13(19)14(2,3)18-8-6-15-7-9-18/h4-5,10,15H,6-9H2,1-3H3,(H,16,17,19). The molecule has 1 aliphatic rings. The van der Waals surface area contributed by atoms with E-state index in [-0.39, 0.29) is 5.91 Å². The van der Waals surface area contributed by atoms with Crippen molar-refractivity contribution in [1.82, 2.24) is 15.2 Å². The Balaban J connectivity index is 2.08. The molecule has 5 heteroatoms. The highest BCUT2D eigenvalue weighted by atomic mass is 16.2. The molecule has 0 aliphatic carbocycles. The highest BCUT2D eigenvalue weighted by Gasteiger charge is 2.35. The summed E-state index contributed by atoms with van der Waals surface area (Å²) >= 11 is 0. The van der Waals surface area contributed by atoms with Crippen LogP contribution in [0.2, 0.25) is 0 Å². The number of carbonyl (C=O) groups is 1. The first-order valence-corrected chi connectivity index (χ1v) is 6.69. The maximum Gasteiger partial charge on any atom is 0.244 e. The van der Waals surface area contributed by atoms with Crippen LogP contribution in [0, 0.1) is 6.92 Å². The number of amides is 1. The number of nitrogens with one attached hydrogen (secondary N) is 2. The Hall–Kier alpha value is -1.46. The van der Waals surface area contributed by atoms with E-state index in [1.165, 1.54) is 0 Å². The minimum Gasteiger partial charge on any atom is -0.324 e. The van der Waals surface area contributed by atoms with Gasteiger partial charge in [0.25, 0.3) is 0 Å². The molecule has 0 atom stereocenters. The number of piperazine rings is 1. The van der Waals surface area contributed by atoms with Crippen LogP contribution in [0.3, 0.4) is 0 Å². The first-order chi connectivity index (χ1) is 9.01. The monoisotopic (exact) mass is 262 g/mol. The summed E-state index contributed by atoms with van der Waals surface area (Å²) in [4.78, 5) is 18.7. The number of pyridine rings is 1. The van der Waals surface area contributed by atoms with Gasteiger partial charge in [-0.3, -0.25) is 14.7 Å². The van der Waals surface area contributed by atoms with E-state index in [0.29, 0.717) is 0 Å². The minimum atomic E-state index is -0.502. The maximum atomic E-state index is 12.5.